The molecule has 126 valence electrons. The van der Waals surface area contributed by atoms with E-state index in [4.69, 9.17) is 4.74 Å². The molecule has 22 heavy (non-hydrogen) atoms. The molecule has 1 rings (SSSR count). The van der Waals surface area contributed by atoms with Crippen LogP contribution in [0, 0.1) is 5.92 Å². The quantitative estimate of drug-likeness (QED) is 0.813. The molecule has 0 bridgehead atoms. The summed E-state index contributed by atoms with van der Waals surface area (Å²) in [4.78, 5) is 11.9. The van der Waals surface area contributed by atoms with Gasteiger partial charge in [0.25, 0.3) is 0 Å². The fourth-order valence-corrected chi connectivity index (χ4v) is 2.08. The molecule has 0 saturated carbocycles. The van der Waals surface area contributed by atoms with Crippen molar-refractivity contribution in [1.29, 1.82) is 0 Å². The lowest BCUT2D eigenvalue weighted by Crippen LogP contribution is -2.46. The third-order valence-electron chi connectivity index (χ3n) is 3.38. The Morgan fingerprint density at radius 2 is 2.05 bits per heavy atom. The molecule has 1 amide bonds. The number of aryl methyl sites for hydroxylation is 1. The van der Waals surface area contributed by atoms with E-state index in [2.05, 4.69) is 54.4 Å². The first kappa shape index (κ1) is 18.6. The maximum absolute atomic E-state index is 11.9. The zero-order chi connectivity index (χ0) is 16.8. The van der Waals surface area contributed by atoms with Gasteiger partial charge < -0.3 is 19.9 Å². The molecule has 5 nitrogen and oxygen atoms in total. The molecule has 1 unspecified atom stereocenters. The molecule has 1 aromatic rings. The van der Waals surface area contributed by atoms with Crippen molar-refractivity contribution in [1.82, 2.24) is 15.2 Å². The van der Waals surface area contributed by atoms with E-state index in [1.807, 2.05) is 20.8 Å². The first-order valence-corrected chi connectivity index (χ1v) is 8.06. The summed E-state index contributed by atoms with van der Waals surface area (Å²) < 4.78 is 7.47. The van der Waals surface area contributed by atoms with Crippen LogP contribution < -0.4 is 10.6 Å². The number of alkyl carbamates (subject to hydrolysis) is 1. The lowest BCUT2D eigenvalue weighted by Gasteiger charge is -2.26. The molecule has 1 heterocycles. The van der Waals surface area contributed by atoms with E-state index < -0.39 is 5.60 Å². The van der Waals surface area contributed by atoms with Crippen LogP contribution in [0.15, 0.2) is 18.5 Å². The molecule has 0 aliphatic rings. The summed E-state index contributed by atoms with van der Waals surface area (Å²) in [6.45, 7) is 14.4. The summed E-state index contributed by atoms with van der Waals surface area (Å²) >= 11 is 0. The van der Waals surface area contributed by atoms with Crippen molar-refractivity contribution in [2.75, 3.05) is 6.54 Å². The van der Waals surface area contributed by atoms with E-state index in [0.29, 0.717) is 12.5 Å². The minimum Gasteiger partial charge on any atom is -0.444 e. The van der Waals surface area contributed by atoms with Crippen molar-refractivity contribution in [3.8, 4) is 0 Å². The van der Waals surface area contributed by atoms with Gasteiger partial charge in [-0.15, -0.1) is 0 Å². The van der Waals surface area contributed by atoms with E-state index >= 15 is 0 Å². The third-order valence-corrected chi connectivity index (χ3v) is 3.38. The molecule has 0 saturated heterocycles. The minimum absolute atomic E-state index is 0.0445. The second kappa shape index (κ2) is 8.22. The second-order valence-electron chi connectivity index (χ2n) is 6.98. The topological polar surface area (TPSA) is 55.3 Å². The van der Waals surface area contributed by atoms with Gasteiger partial charge in [-0.25, -0.2) is 4.79 Å². The highest BCUT2D eigenvalue weighted by atomic mass is 16.6. The number of amides is 1. The molecule has 0 fully saturated rings. The third kappa shape index (κ3) is 6.98. The largest absolute Gasteiger partial charge is 0.444 e. The number of carbonyl (C=O) groups excluding carboxylic acids is 1. The Hall–Kier alpha value is -1.49. The van der Waals surface area contributed by atoms with Gasteiger partial charge in [0, 0.05) is 38.1 Å². The monoisotopic (exact) mass is 309 g/mol. The van der Waals surface area contributed by atoms with Gasteiger partial charge in [0.05, 0.1) is 0 Å². The fraction of sp³-hybridized carbons (Fsp3) is 0.706. The Labute approximate surface area is 134 Å². The van der Waals surface area contributed by atoms with Gasteiger partial charge in [-0.3, -0.25) is 0 Å². The average molecular weight is 309 g/mol. The van der Waals surface area contributed by atoms with Crippen LogP contribution in [0.1, 0.15) is 47.1 Å². The minimum atomic E-state index is -0.470. The zero-order valence-electron chi connectivity index (χ0n) is 14.8. The Kier molecular flexibility index (Phi) is 6.94. The fourth-order valence-electron chi connectivity index (χ4n) is 2.08. The molecule has 5 heteroatoms. The number of ether oxygens (including phenoxy) is 1. The van der Waals surface area contributed by atoms with Crippen LogP contribution in [0.3, 0.4) is 0 Å². The van der Waals surface area contributed by atoms with Gasteiger partial charge in [0.1, 0.15) is 5.60 Å². The predicted molar refractivity (Wildman–Crippen MR) is 89.8 cm³/mol. The van der Waals surface area contributed by atoms with Crippen molar-refractivity contribution in [3.05, 3.63) is 24.0 Å². The lowest BCUT2D eigenvalue weighted by molar-refractivity contribution is 0.0490. The maximum Gasteiger partial charge on any atom is 0.407 e. The summed E-state index contributed by atoms with van der Waals surface area (Å²) in [5.41, 5.74) is 0.781. The Morgan fingerprint density at radius 1 is 1.36 bits per heavy atom. The standard InChI is InChI=1S/C17H31N3O2/c1-7-20-9-8-14(12-20)10-18-11-15(13(2)3)19-16(21)22-17(4,5)6/h8-9,12-13,15,18H,7,10-11H2,1-6H3,(H,19,21). The van der Waals surface area contributed by atoms with Crippen LogP contribution in [0.5, 0.6) is 0 Å². The highest BCUT2D eigenvalue weighted by Gasteiger charge is 2.21. The van der Waals surface area contributed by atoms with Crippen LogP contribution in [-0.2, 0) is 17.8 Å². The Morgan fingerprint density at radius 3 is 2.55 bits per heavy atom. The second-order valence-corrected chi connectivity index (χ2v) is 6.98. The van der Waals surface area contributed by atoms with Crippen molar-refractivity contribution < 1.29 is 9.53 Å². The molecule has 0 aliphatic carbocycles. The van der Waals surface area contributed by atoms with Crippen LogP contribution in [0.25, 0.3) is 0 Å². The summed E-state index contributed by atoms with van der Waals surface area (Å²) in [6.07, 6.45) is 3.86. The van der Waals surface area contributed by atoms with Crippen molar-refractivity contribution in [3.63, 3.8) is 0 Å². The number of nitrogens with one attached hydrogen (secondary N) is 2. The normalized spacial score (nSPS) is 13.2. The molecule has 0 aliphatic heterocycles. The van der Waals surface area contributed by atoms with E-state index in [0.717, 1.165) is 13.1 Å². The van der Waals surface area contributed by atoms with Gasteiger partial charge in [0.2, 0.25) is 0 Å². The van der Waals surface area contributed by atoms with E-state index in [-0.39, 0.29) is 12.1 Å². The lowest BCUT2D eigenvalue weighted by atomic mass is 10.0. The van der Waals surface area contributed by atoms with Gasteiger partial charge >= 0.3 is 6.09 Å². The van der Waals surface area contributed by atoms with Crippen LogP contribution in [0.2, 0.25) is 0 Å². The number of rotatable bonds is 7. The van der Waals surface area contributed by atoms with E-state index in [1.54, 1.807) is 0 Å². The van der Waals surface area contributed by atoms with Crippen molar-refractivity contribution in [2.45, 2.75) is 66.3 Å². The number of carbonyl (C=O) groups is 1. The number of nitrogens with zero attached hydrogens (tertiary/aromatic N) is 1. The van der Waals surface area contributed by atoms with Crippen LogP contribution in [-0.4, -0.2) is 28.8 Å². The van der Waals surface area contributed by atoms with Gasteiger partial charge in [-0.2, -0.15) is 0 Å². The van der Waals surface area contributed by atoms with Gasteiger partial charge in [-0.05, 0) is 45.2 Å². The van der Waals surface area contributed by atoms with Crippen LogP contribution >= 0.6 is 0 Å². The summed E-state index contributed by atoms with van der Waals surface area (Å²) in [5, 5.41) is 6.35. The summed E-state index contributed by atoms with van der Waals surface area (Å²) in [6, 6.07) is 2.16. The molecule has 0 aromatic carbocycles. The van der Waals surface area contributed by atoms with E-state index in [1.165, 1.54) is 5.56 Å². The molecular weight excluding hydrogens is 278 g/mol. The predicted octanol–water partition coefficient (Wildman–Crippen LogP) is 3.15. The van der Waals surface area contributed by atoms with Gasteiger partial charge in [-0.1, -0.05) is 13.8 Å². The first-order chi connectivity index (χ1) is 10.2. The maximum atomic E-state index is 11.9. The number of hydrogen-bond acceptors (Lipinski definition) is 3. The summed E-state index contributed by atoms with van der Waals surface area (Å²) in [7, 11) is 0. The van der Waals surface area contributed by atoms with Crippen molar-refractivity contribution >= 4 is 6.09 Å². The Bertz CT molecular complexity index is 461. The number of aromatic nitrogens is 1. The van der Waals surface area contributed by atoms with Crippen LogP contribution in [0.4, 0.5) is 4.79 Å². The van der Waals surface area contributed by atoms with Gasteiger partial charge in [0.15, 0.2) is 0 Å². The molecule has 0 radical (unpaired) electrons. The molecular formula is C17H31N3O2. The molecule has 1 atom stereocenters. The highest BCUT2D eigenvalue weighted by molar-refractivity contribution is 5.68. The zero-order valence-corrected chi connectivity index (χ0v) is 14.8. The summed E-state index contributed by atoms with van der Waals surface area (Å²) in [5.74, 6) is 0.334. The first-order valence-electron chi connectivity index (χ1n) is 8.06. The average Bonchev–Trinajstić information content (AvgIpc) is 2.83. The van der Waals surface area contributed by atoms with Crippen molar-refractivity contribution in [2.24, 2.45) is 5.92 Å². The highest BCUT2D eigenvalue weighted by Crippen LogP contribution is 2.08. The number of hydrogen-bond donors (Lipinski definition) is 2. The Balaban J connectivity index is 2.42. The molecule has 2 N–H and O–H groups in total. The van der Waals surface area contributed by atoms with E-state index in [9.17, 15) is 4.79 Å². The molecule has 1 aromatic heterocycles. The smallest absolute Gasteiger partial charge is 0.407 e. The SMILES string of the molecule is CCn1ccc(CNCC(NC(=O)OC(C)(C)C)C(C)C)c1. The molecule has 0 spiro atoms.